The summed E-state index contributed by atoms with van der Waals surface area (Å²) < 4.78 is 0.938. The first-order valence-electron chi connectivity index (χ1n) is 2.92. The summed E-state index contributed by atoms with van der Waals surface area (Å²) in [6.07, 6.45) is 1.69. The van der Waals surface area contributed by atoms with Gasteiger partial charge in [-0.1, -0.05) is 38.1 Å². The van der Waals surface area contributed by atoms with E-state index in [4.69, 9.17) is 12.2 Å². The zero-order valence-electron chi connectivity index (χ0n) is 6.16. The normalized spacial score (nSPS) is 10.7. The van der Waals surface area contributed by atoms with Gasteiger partial charge in [0.1, 0.15) is 10.9 Å². The van der Waals surface area contributed by atoms with E-state index in [0.717, 1.165) is 14.3 Å². The molecule has 0 aliphatic rings. The third-order valence-corrected chi connectivity index (χ3v) is 4.45. The molecule has 0 aliphatic heterocycles. The zero-order valence-corrected chi connectivity index (χ0v) is 8.61. The minimum atomic E-state index is 0.938. The smallest absolute Gasteiger partial charge is 0.106 e. The molecule has 0 atom stereocenters. The summed E-state index contributed by atoms with van der Waals surface area (Å²) in [5, 5.41) is 3.66. The molecule has 0 aliphatic carbocycles. The number of hydrogen-bond acceptors (Lipinski definition) is 5. The standard InChI is InChI=1S/C6H7NOS3/c1-4-5(3-7-8-2)10-11-6(4)9/h3H,1-2H3. The first-order chi connectivity index (χ1) is 5.25. The molecule has 0 radical (unpaired) electrons. The molecule has 5 heteroatoms. The number of hydrogen-bond donors (Lipinski definition) is 0. The molecule has 0 saturated carbocycles. The molecule has 0 amide bonds. The lowest BCUT2D eigenvalue weighted by Gasteiger charge is -1.85. The van der Waals surface area contributed by atoms with Gasteiger partial charge in [0.05, 0.1) is 11.1 Å². The van der Waals surface area contributed by atoms with E-state index in [1.165, 1.54) is 7.11 Å². The third kappa shape index (κ3) is 2.08. The van der Waals surface area contributed by atoms with Crippen LogP contribution in [0.4, 0.5) is 0 Å². The maximum atomic E-state index is 5.05. The Morgan fingerprint density at radius 1 is 1.55 bits per heavy atom. The van der Waals surface area contributed by atoms with Crippen LogP contribution < -0.4 is 0 Å². The Kier molecular flexibility index (Phi) is 3.16. The molecule has 0 fully saturated rings. The van der Waals surface area contributed by atoms with Gasteiger partial charge in [-0.25, -0.2) is 0 Å². The van der Waals surface area contributed by atoms with E-state index >= 15 is 0 Å². The molecule has 0 N–H and O–H groups in total. The lowest BCUT2D eigenvalue weighted by Crippen LogP contribution is -1.79. The Morgan fingerprint density at radius 2 is 2.27 bits per heavy atom. The van der Waals surface area contributed by atoms with Gasteiger partial charge in [0.15, 0.2) is 0 Å². The summed E-state index contributed by atoms with van der Waals surface area (Å²) in [6, 6.07) is 0. The largest absolute Gasteiger partial charge is 0.399 e. The second-order valence-electron chi connectivity index (χ2n) is 1.86. The van der Waals surface area contributed by atoms with Crippen LogP contribution in [0.2, 0.25) is 0 Å². The molecule has 1 aromatic rings. The fraction of sp³-hybridized carbons (Fsp3) is 0.333. The molecular formula is C6H7NOS3. The van der Waals surface area contributed by atoms with Crippen molar-refractivity contribution in [3.05, 3.63) is 14.3 Å². The van der Waals surface area contributed by atoms with Crippen molar-refractivity contribution < 1.29 is 4.84 Å². The molecule has 0 unspecified atom stereocenters. The van der Waals surface area contributed by atoms with Crippen LogP contribution in [0.1, 0.15) is 10.4 Å². The second-order valence-corrected chi connectivity index (χ2v) is 4.71. The Balaban J connectivity index is 2.96. The molecule has 11 heavy (non-hydrogen) atoms. The highest BCUT2D eigenvalue weighted by molar-refractivity contribution is 7.79. The van der Waals surface area contributed by atoms with Crippen LogP contribution in [0, 0.1) is 10.7 Å². The highest BCUT2D eigenvalue weighted by atomic mass is 32.9. The summed E-state index contributed by atoms with van der Waals surface area (Å²) >= 11 is 5.05. The molecule has 0 bridgehead atoms. The van der Waals surface area contributed by atoms with Gasteiger partial charge in [-0.2, -0.15) is 0 Å². The number of oxime groups is 1. The van der Waals surface area contributed by atoms with Crippen LogP contribution in [-0.4, -0.2) is 13.3 Å². The average Bonchev–Trinajstić information content (AvgIpc) is 2.31. The van der Waals surface area contributed by atoms with Gasteiger partial charge in [0.25, 0.3) is 0 Å². The second kappa shape index (κ2) is 3.94. The van der Waals surface area contributed by atoms with Gasteiger partial charge >= 0.3 is 0 Å². The van der Waals surface area contributed by atoms with Crippen LogP contribution >= 0.6 is 32.9 Å². The Morgan fingerprint density at radius 3 is 2.73 bits per heavy atom. The minimum absolute atomic E-state index is 0.938. The predicted molar refractivity (Wildman–Crippen MR) is 52.4 cm³/mol. The molecule has 0 spiro atoms. The highest BCUT2D eigenvalue weighted by Gasteiger charge is 1.99. The number of nitrogens with zero attached hydrogens (tertiary/aromatic N) is 1. The summed E-state index contributed by atoms with van der Waals surface area (Å²) in [5.74, 6) is 0. The van der Waals surface area contributed by atoms with Crippen LogP contribution in [0.3, 0.4) is 0 Å². The quantitative estimate of drug-likeness (QED) is 0.320. The van der Waals surface area contributed by atoms with Crippen molar-refractivity contribution in [1.82, 2.24) is 0 Å². The lowest BCUT2D eigenvalue weighted by molar-refractivity contribution is 0.215. The van der Waals surface area contributed by atoms with Crippen molar-refractivity contribution in [2.75, 3.05) is 7.11 Å². The molecular weight excluding hydrogens is 198 g/mol. The molecule has 60 valence electrons. The highest BCUT2D eigenvalue weighted by Crippen LogP contribution is 2.21. The monoisotopic (exact) mass is 205 g/mol. The van der Waals surface area contributed by atoms with E-state index in [9.17, 15) is 0 Å². The fourth-order valence-electron chi connectivity index (χ4n) is 0.527. The summed E-state index contributed by atoms with van der Waals surface area (Å²) in [5.41, 5.74) is 1.12. The fourth-order valence-corrected chi connectivity index (χ4v) is 3.16. The molecule has 1 heterocycles. The molecule has 1 aromatic heterocycles. The Hall–Kier alpha value is -0.260. The van der Waals surface area contributed by atoms with Crippen molar-refractivity contribution in [2.24, 2.45) is 5.16 Å². The van der Waals surface area contributed by atoms with E-state index in [2.05, 4.69) is 9.99 Å². The van der Waals surface area contributed by atoms with Crippen LogP contribution in [-0.2, 0) is 4.84 Å². The first-order valence-corrected chi connectivity index (χ1v) is 5.47. The SMILES string of the molecule is CON=Cc1ssc(=S)c1C. The van der Waals surface area contributed by atoms with Crippen LogP contribution in [0.5, 0.6) is 0 Å². The molecule has 2 nitrogen and oxygen atoms in total. The maximum absolute atomic E-state index is 5.05. The van der Waals surface area contributed by atoms with Gasteiger partial charge in [-0.15, -0.1) is 0 Å². The summed E-state index contributed by atoms with van der Waals surface area (Å²) in [7, 11) is 4.74. The summed E-state index contributed by atoms with van der Waals surface area (Å²) in [4.78, 5) is 5.64. The van der Waals surface area contributed by atoms with Gasteiger partial charge in [0.2, 0.25) is 0 Å². The van der Waals surface area contributed by atoms with E-state index < -0.39 is 0 Å². The lowest BCUT2D eigenvalue weighted by atomic mass is 10.3. The van der Waals surface area contributed by atoms with Gasteiger partial charge in [-0.3, -0.25) is 0 Å². The predicted octanol–water partition coefficient (Wildman–Crippen LogP) is 2.83. The van der Waals surface area contributed by atoms with E-state index in [1.54, 1.807) is 26.9 Å². The topological polar surface area (TPSA) is 21.6 Å². The zero-order chi connectivity index (χ0) is 8.27. The van der Waals surface area contributed by atoms with E-state index in [-0.39, 0.29) is 0 Å². The molecule has 1 rings (SSSR count). The Labute approximate surface area is 77.5 Å². The minimum Gasteiger partial charge on any atom is -0.399 e. The van der Waals surface area contributed by atoms with Crippen molar-refractivity contribution in [3.63, 3.8) is 0 Å². The van der Waals surface area contributed by atoms with Crippen molar-refractivity contribution in [2.45, 2.75) is 6.92 Å². The maximum Gasteiger partial charge on any atom is 0.106 e. The third-order valence-electron chi connectivity index (χ3n) is 1.16. The molecule has 0 aromatic carbocycles. The average molecular weight is 205 g/mol. The number of rotatable bonds is 2. The van der Waals surface area contributed by atoms with Gasteiger partial charge in [0, 0.05) is 0 Å². The van der Waals surface area contributed by atoms with Crippen molar-refractivity contribution >= 4 is 39.1 Å². The van der Waals surface area contributed by atoms with Gasteiger partial charge in [-0.05, 0) is 12.5 Å². The van der Waals surface area contributed by atoms with Crippen molar-refractivity contribution in [3.8, 4) is 0 Å². The molecule has 0 saturated heterocycles. The van der Waals surface area contributed by atoms with Crippen LogP contribution in [0.15, 0.2) is 5.16 Å². The van der Waals surface area contributed by atoms with Crippen molar-refractivity contribution in [1.29, 1.82) is 0 Å². The van der Waals surface area contributed by atoms with E-state index in [1.807, 2.05) is 6.92 Å². The Bertz CT molecular complexity index is 312. The van der Waals surface area contributed by atoms with Crippen LogP contribution in [0.25, 0.3) is 0 Å². The van der Waals surface area contributed by atoms with Gasteiger partial charge < -0.3 is 4.84 Å². The first kappa shape index (κ1) is 8.83. The summed E-state index contributed by atoms with van der Waals surface area (Å²) in [6.45, 7) is 1.99. The van der Waals surface area contributed by atoms with E-state index in [0.29, 0.717) is 0 Å².